The lowest BCUT2D eigenvalue weighted by molar-refractivity contribution is -0.141. The molecule has 0 amide bonds. The van der Waals surface area contributed by atoms with Gasteiger partial charge in [-0.2, -0.15) is 13.2 Å². The van der Waals surface area contributed by atoms with Crippen LogP contribution in [-0.4, -0.2) is 72.8 Å². The Hall–Kier alpha value is -0.753. The second kappa shape index (κ2) is 15.4. The van der Waals surface area contributed by atoms with Crippen molar-refractivity contribution in [3.63, 3.8) is 0 Å². The lowest BCUT2D eigenvalue weighted by Gasteiger charge is -2.36. The van der Waals surface area contributed by atoms with E-state index in [4.69, 9.17) is 35.0 Å². The summed E-state index contributed by atoms with van der Waals surface area (Å²) in [6.07, 6.45) is -3.62. The van der Waals surface area contributed by atoms with Crippen LogP contribution in [0.4, 0.5) is 13.2 Å². The van der Waals surface area contributed by atoms with Crippen LogP contribution in [0.3, 0.4) is 0 Å². The van der Waals surface area contributed by atoms with Gasteiger partial charge in [0.15, 0.2) is 8.32 Å². The quantitative estimate of drug-likeness (QED) is 0.188. The van der Waals surface area contributed by atoms with Gasteiger partial charge in [-0.1, -0.05) is 32.4 Å². The average molecular weight is 530 g/mol. The monoisotopic (exact) mass is 529 g/mol. The molecule has 0 aliphatic carbocycles. The number of alkyl halides is 3. The summed E-state index contributed by atoms with van der Waals surface area (Å²) in [6.45, 7) is 15.3. The fourth-order valence-electron chi connectivity index (χ4n) is 2.51. The van der Waals surface area contributed by atoms with Crippen LogP contribution in [-0.2, 0) is 36.0 Å². The van der Waals surface area contributed by atoms with Crippen molar-refractivity contribution in [1.82, 2.24) is 4.98 Å². The highest BCUT2D eigenvalue weighted by molar-refractivity contribution is 6.74. The van der Waals surface area contributed by atoms with Crippen molar-refractivity contribution >= 4 is 19.9 Å². The molecule has 0 radical (unpaired) electrons. The Balaban J connectivity index is 1.93. The molecular formula is C23H39ClF3NO5Si. The number of nitrogens with zero attached hydrogens (tertiary/aromatic N) is 1. The zero-order chi connectivity index (χ0) is 25.7. The van der Waals surface area contributed by atoms with E-state index in [1.54, 1.807) is 0 Å². The minimum atomic E-state index is -4.51. The summed E-state index contributed by atoms with van der Waals surface area (Å²) in [7, 11) is -1.72. The summed E-state index contributed by atoms with van der Waals surface area (Å²) in [5, 5.41) is 0.218. The Bertz CT molecular complexity index is 702. The third-order valence-electron chi connectivity index (χ3n) is 5.47. The van der Waals surface area contributed by atoms with Gasteiger partial charge in [-0.3, -0.25) is 0 Å². The van der Waals surface area contributed by atoms with Gasteiger partial charge in [0, 0.05) is 17.3 Å². The van der Waals surface area contributed by atoms with Gasteiger partial charge >= 0.3 is 6.18 Å². The number of halogens is 4. The minimum Gasteiger partial charge on any atom is -0.414 e. The summed E-state index contributed by atoms with van der Waals surface area (Å²) in [5.41, 5.74) is -0.683. The number of aromatic nitrogens is 1. The van der Waals surface area contributed by atoms with Gasteiger partial charge in [-0.15, -0.1) is 0 Å². The predicted octanol–water partition coefficient (Wildman–Crippen LogP) is 5.77. The molecule has 11 heteroatoms. The smallest absolute Gasteiger partial charge is 0.414 e. The first kappa shape index (κ1) is 31.3. The molecule has 0 aliphatic rings. The lowest BCUT2D eigenvalue weighted by Crippen LogP contribution is -2.41. The number of pyridine rings is 1. The molecule has 0 bridgehead atoms. The molecule has 34 heavy (non-hydrogen) atoms. The van der Waals surface area contributed by atoms with Gasteiger partial charge in [-0.25, -0.2) is 4.98 Å². The minimum absolute atomic E-state index is 0.0242. The van der Waals surface area contributed by atoms with Crippen LogP contribution in [0.5, 0.6) is 0 Å². The average Bonchev–Trinajstić information content (AvgIpc) is 2.71. The molecule has 0 aliphatic heterocycles. The fraction of sp³-hybridized carbons (Fsp3) is 0.783. The van der Waals surface area contributed by atoms with E-state index >= 15 is 0 Å². The van der Waals surface area contributed by atoms with Crippen molar-refractivity contribution in [3.05, 3.63) is 28.5 Å². The Kier molecular flexibility index (Phi) is 14.1. The van der Waals surface area contributed by atoms with Gasteiger partial charge in [-0.05, 0) is 43.1 Å². The fourth-order valence-corrected chi connectivity index (χ4v) is 3.77. The van der Waals surface area contributed by atoms with Gasteiger partial charge in [0.2, 0.25) is 0 Å². The number of aryl methyl sites for hydroxylation is 1. The largest absolute Gasteiger partial charge is 0.433 e. The van der Waals surface area contributed by atoms with Crippen molar-refractivity contribution in [2.45, 2.75) is 57.9 Å². The van der Waals surface area contributed by atoms with E-state index in [0.29, 0.717) is 78.0 Å². The van der Waals surface area contributed by atoms with Crippen LogP contribution >= 0.6 is 11.6 Å². The highest BCUT2D eigenvalue weighted by Crippen LogP contribution is 2.36. The number of hydrogen-bond acceptors (Lipinski definition) is 6. The first-order valence-electron chi connectivity index (χ1n) is 11.5. The zero-order valence-electron chi connectivity index (χ0n) is 20.9. The molecule has 0 atom stereocenters. The van der Waals surface area contributed by atoms with Crippen LogP contribution in [0.25, 0.3) is 0 Å². The summed E-state index contributed by atoms with van der Waals surface area (Å²) < 4.78 is 66.2. The molecular weight excluding hydrogens is 491 g/mol. The van der Waals surface area contributed by atoms with Crippen LogP contribution in [0, 0.1) is 0 Å². The van der Waals surface area contributed by atoms with E-state index in [-0.39, 0.29) is 10.1 Å². The maximum atomic E-state index is 12.8. The lowest BCUT2D eigenvalue weighted by atomic mass is 10.2. The number of hydrogen-bond donors (Lipinski definition) is 0. The summed E-state index contributed by atoms with van der Waals surface area (Å²) in [5.74, 6) is 0. The van der Waals surface area contributed by atoms with Crippen molar-refractivity contribution < 1.29 is 36.5 Å². The van der Waals surface area contributed by atoms with Crippen LogP contribution < -0.4 is 0 Å². The van der Waals surface area contributed by atoms with Crippen molar-refractivity contribution in [1.29, 1.82) is 0 Å². The van der Waals surface area contributed by atoms with E-state index in [2.05, 4.69) is 38.8 Å². The molecule has 0 saturated carbocycles. The second-order valence-electron chi connectivity index (χ2n) is 9.32. The van der Waals surface area contributed by atoms with E-state index in [9.17, 15) is 13.2 Å². The van der Waals surface area contributed by atoms with E-state index < -0.39 is 20.2 Å². The van der Waals surface area contributed by atoms with Gasteiger partial charge < -0.3 is 23.4 Å². The Morgan fingerprint density at radius 2 is 1.26 bits per heavy atom. The summed E-state index contributed by atoms with van der Waals surface area (Å²) in [4.78, 5) is 3.61. The SMILES string of the molecule is CC(C)(C)[Si](C)(C)OCCOCCOCCOCCOCCCc1cc(Cl)cc(C(F)(F)F)n1. The maximum Gasteiger partial charge on any atom is 0.433 e. The van der Waals surface area contributed by atoms with Gasteiger partial charge in [0.25, 0.3) is 0 Å². The first-order chi connectivity index (χ1) is 15.8. The van der Waals surface area contributed by atoms with E-state index in [0.717, 1.165) is 6.07 Å². The van der Waals surface area contributed by atoms with Gasteiger partial charge in [0.1, 0.15) is 5.69 Å². The molecule has 0 aromatic carbocycles. The van der Waals surface area contributed by atoms with Gasteiger partial charge in [0.05, 0.1) is 52.9 Å². The molecule has 1 heterocycles. The van der Waals surface area contributed by atoms with Crippen LogP contribution in [0.15, 0.2) is 12.1 Å². The third kappa shape index (κ3) is 13.4. The number of ether oxygens (including phenoxy) is 4. The third-order valence-corrected chi connectivity index (χ3v) is 10.2. The standard InChI is InChI=1S/C23H39ClF3NO5Si/c1-22(2,3)34(4,5)33-16-15-32-14-13-31-12-11-30-10-9-29-8-6-7-20-17-19(24)18-21(28-20)23(25,26)27/h17-18H,6-16H2,1-5H3. The number of rotatable bonds is 17. The Labute approximate surface area is 207 Å². The van der Waals surface area contributed by atoms with Crippen molar-refractivity contribution in [2.24, 2.45) is 0 Å². The summed E-state index contributed by atoms with van der Waals surface area (Å²) in [6, 6.07) is 2.26. The van der Waals surface area contributed by atoms with Crippen LogP contribution in [0.1, 0.15) is 38.6 Å². The highest BCUT2D eigenvalue weighted by Gasteiger charge is 2.36. The zero-order valence-corrected chi connectivity index (χ0v) is 22.7. The molecule has 1 aromatic rings. The van der Waals surface area contributed by atoms with Crippen molar-refractivity contribution in [3.8, 4) is 0 Å². The van der Waals surface area contributed by atoms with Crippen LogP contribution in [0.2, 0.25) is 23.2 Å². The molecule has 0 N–H and O–H groups in total. The topological polar surface area (TPSA) is 59.0 Å². The normalized spacial score (nSPS) is 13.0. The maximum absolute atomic E-state index is 12.8. The Morgan fingerprint density at radius 1 is 0.794 bits per heavy atom. The first-order valence-corrected chi connectivity index (χ1v) is 14.8. The predicted molar refractivity (Wildman–Crippen MR) is 129 cm³/mol. The molecule has 0 unspecified atom stereocenters. The molecule has 198 valence electrons. The molecule has 0 spiro atoms. The highest BCUT2D eigenvalue weighted by atomic mass is 35.5. The molecule has 0 fully saturated rings. The van der Waals surface area contributed by atoms with E-state index in [1.165, 1.54) is 6.07 Å². The van der Waals surface area contributed by atoms with E-state index in [1.807, 2.05) is 0 Å². The Morgan fingerprint density at radius 3 is 1.74 bits per heavy atom. The molecule has 6 nitrogen and oxygen atoms in total. The molecule has 1 rings (SSSR count). The second-order valence-corrected chi connectivity index (χ2v) is 14.6. The summed E-state index contributed by atoms with van der Waals surface area (Å²) >= 11 is 5.75. The van der Waals surface area contributed by atoms with Crippen molar-refractivity contribution in [2.75, 3.05) is 59.5 Å². The molecule has 0 saturated heterocycles. The molecule has 1 aromatic heterocycles.